The first-order valence-corrected chi connectivity index (χ1v) is 7.17. The number of aryl methyl sites for hydroxylation is 1. The van der Waals surface area contributed by atoms with Crippen molar-refractivity contribution >= 4 is 11.0 Å². The zero-order valence-electron chi connectivity index (χ0n) is 12.3. The number of rotatable bonds is 4. The van der Waals surface area contributed by atoms with Crippen LogP contribution in [0.15, 0.2) is 52.9 Å². The van der Waals surface area contributed by atoms with Gasteiger partial charge in [0.1, 0.15) is 17.1 Å². The van der Waals surface area contributed by atoms with Crippen LogP contribution in [-0.4, -0.2) is 6.61 Å². The van der Waals surface area contributed by atoms with Gasteiger partial charge in [-0.05, 0) is 37.6 Å². The van der Waals surface area contributed by atoms with E-state index in [-0.39, 0.29) is 6.04 Å². The standard InChI is InChI=1S/C18H19NO2/c1-3-20-14-10-8-13(9-11-14)17(19)18-12(2)15-6-4-5-7-16(15)21-18/h4-11,17H,3,19H2,1-2H3. The summed E-state index contributed by atoms with van der Waals surface area (Å²) in [6.45, 7) is 4.68. The summed E-state index contributed by atoms with van der Waals surface area (Å²) < 4.78 is 11.4. The molecule has 2 N–H and O–H groups in total. The van der Waals surface area contributed by atoms with Gasteiger partial charge in [0.05, 0.1) is 12.6 Å². The smallest absolute Gasteiger partial charge is 0.134 e. The van der Waals surface area contributed by atoms with Crippen LogP contribution in [0.4, 0.5) is 0 Å². The Morgan fingerprint density at radius 2 is 1.81 bits per heavy atom. The molecule has 1 unspecified atom stereocenters. The molecule has 2 aromatic carbocycles. The second-order valence-corrected chi connectivity index (χ2v) is 5.07. The van der Waals surface area contributed by atoms with Crippen molar-refractivity contribution in [3.63, 3.8) is 0 Å². The molecule has 1 atom stereocenters. The molecular formula is C18H19NO2. The third-order valence-electron chi connectivity index (χ3n) is 3.71. The summed E-state index contributed by atoms with van der Waals surface area (Å²) in [6.07, 6.45) is 0. The third-order valence-corrected chi connectivity index (χ3v) is 3.71. The fraction of sp³-hybridized carbons (Fsp3) is 0.222. The van der Waals surface area contributed by atoms with Gasteiger partial charge in [-0.3, -0.25) is 0 Å². The third kappa shape index (κ3) is 2.52. The number of furan rings is 1. The average molecular weight is 281 g/mol. The highest BCUT2D eigenvalue weighted by atomic mass is 16.5. The van der Waals surface area contributed by atoms with Gasteiger partial charge < -0.3 is 14.9 Å². The molecule has 0 amide bonds. The summed E-state index contributed by atoms with van der Waals surface area (Å²) >= 11 is 0. The molecule has 3 nitrogen and oxygen atoms in total. The molecule has 0 bridgehead atoms. The van der Waals surface area contributed by atoms with Crippen molar-refractivity contribution in [2.75, 3.05) is 6.61 Å². The van der Waals surface area contributed by atoms with E-state index in [1.165, 1.54) is 0 Å². The summed E-state index contributed by atoms with van der Waals surface area (Å²) in [6, 6.07) is 15.6. The normalized spacial score (nSPS) is 12.5. The van der Waals surface area contributed by atoms with Crippen LogP contribution < -0.4 is 10.5 Å². The fourth-order valence-electron chi connectivity index (χ4n) is 2.58. The molecule has 3 rings (SSSR count). The number of nitrogens with two attached hydrogens (primary N) is 1. The number of hydrogen-bond acceptors (Lipinski definition) is 3. The first kappa shape index (κ1) is 13.7. The predicted molar refractivity (Wildman–Crippen MR) is 84.6 cm³/mol. The van der Waals surface area contributed by atoms with Crippen molar-refractivity contribution in [2.24, 2.45) is 5.73 Å². The van der Waals surface area contributed by atoms with Crippen molar-refractivity contribution in [1.29, 1.82) is 0 Å². The molecule has 3 aromatic rings. The number of hydrogen-bond donors (Lipinski definition) is 1. The van der Waals surface area contributed by atoms with Crippen molar-refractivity contribution in [1.82, 2.24) is 0 Å². The van der Waals surface area contributed by atoms with Crippen molar-refractivity contribution in [2.45, 2.75) is 19.9 Å². The van der Waals surface area contributed by atoms with Gasteiger partial charge in [0.15, 0.2) is 0 Å². The minimum Gasteiger partial charge on any atom is -0.494 e. The summed E-state index contributed by atoms with van der Waals surface area (Å²) in [5, 5.41) is 1.12. The second kappa shape index (κ2) is 5.62. The van der Waals surface area contributed by atoms with Gasteiger partial charge in [0.2, 0.25) is 0 Å². The van der Waals surface area contributed by atoms with Gasteiger partial charge >= 0.3 is 0 Å². The topological polar surface area (TPSA) is 48.4 Å². The van der Waals surface area contributed by atoms with Crippen LogP contribution in [0.2, 0.25) is 0 Å². The van der Waals surface area contributed by atoms with E-state index in [1.54, 1.807) is 0 Å². The van der Waals surface area contributed by atoms with E-state index in [9.17, 15) is 0 Å². The summed E-state index contributed by atoms with van der Waals surface area (Å²) in [4.78, 5) is 0. The van der Waals surface area contributed by atoms with Crippen molar-refractivity contribution < 1.29 is 9.15 Å². The number of benzene rings is 2. The molecule has 0 aliphatic heterocycles. The molecule has 3 heteroatoms. The Morgan fingerprint density at radius 1 is 1.10 bits per heavy atom. The molecule has 1 aromatic heterocycles. The first-order chi connectivity index (χ1) is 10.2. The van der Waals surface area contributed by atoms with Crippen LogP contribution in [0.25, 0.3) is 11.0 Å². The van der Waals surface area contributed by atoms with Crippen LogP contribution in [-0.2, 0) is 0 Å². The molecule has 0 saturated carbocycles. The van der Waals surface area contributed by atoms with E-state index in [2.05, 4.69) is 13.0 Å². The molecule has 0 saturated heterocycles. The molecule has 108 valence electrons. The Labute approximate surface area is 124 Å². The maximum atomic E-state index is 6.37. The van der Waals surface area contributed by atoms with Crippen LogP contribution in [0, 0.1) is 6.92 Å². The largest absolute Gasteiger partial charge is 0.494 e. The van der Waals surface area contributed by atoms with Crippen LogP contribution in [0.3, 0.4) is 0 Å². The Bertz CT molecular complexity index is 744. The molecule has 0 radical (unpaired) electrons. The molecule has 0 aliphatic carbocycles. The lowest BCUT2D eigenvalue weighted by atomic mass is 10.0. The quantitative estimate of drug-likeness (QED) is 0.780. The summed E-state index contributed by atoms with van der Waals surface area (Å²) in [5.74, 6) is 1.68. The Hall–Kier alpha value is -2.26. The number of ether oxygens (including phenoxy) is 1. The average Bonchev–Trinajstić information content (AvgIpc) is 2.85. The van der Waals surface area contributed by atoms with E-state index in [1.807, 2.05) is 49.4 Å². The van der Waals surface area contributed by atoms with Crippen LogP contribution in [0.5, 0.6) is 5.75 Å². The lowest BCUT2D eigenvalue weighted by Crippen LogP contribution is -2.12. The van der Waals surface area contributed by atoms with Gasteiger partial charge in [0.25, 0.3) is 0 Å². The highest BCUT2D eigenvalue weighted by Gasteiger charge is 2.18. The zero-order valence-corrected chi connectivity index (χ0v) is 12.3. The van der Waals surface area contributed by atoms with Crippen LogP contribution >= 0.6 is 0 Å². The van der Waals surface area contributed by atoms with Crippen LogP contribution in [0.1, 0.15) is 29.9 Å². The van der Waals surface area contributed by atoms with E-state index in [0.717, 1.165) is 33.6 Å². The van der Waals surface area contributed by atoms with E-state index >= 15 is 0 Å². The van der Waals surface area contributed by atoms with E-state index in [4.69, 9.17) is 14.9 Å². The van der Waals surface area contributed by atoms with Gasteiger partial charge in [-0.15, -0.1) is 0 Å². The minimum atomic E-state index is -0.270. The van der Waals surface area contributed by atoms with Crippen molar-refractivity contribution in [3.05, 3.63) is 65.4 Å². The summed E-state index contributed by atoms with van der Waals surface area (Å²) in [5.41, 5.74) is 9.37. The molecule has 1 heterocycles. The highest BCUT2D eigenvalue weighted by Crippen LogP contribution is 2.31. The zero-order chi connectivity index (χ0) is 14.8. The summed E-state index contributed by atoms with van der Waals surface area (Å²) in [7, 11) is 0. The second-order valence-electron chi connectivity index (χ2n) is 5.07. The molecular weight excluding hydrogens is 262 g/mol. The lowest BCUT2D eigenvalue weighted by molar-refractivity contribution is 0.340. The number of fused-ring (bicyclic) bond motifs is 1. The molecule has 21 heavy (non-hydrogen) atoms. The molecule has 0 fully saturated rings. The SMILES string of the molecule is CCOc1ccc(C(N)c2oc3ccccc3c2C)cc1. The van der Waals surface area contributed by atoms with E-state index < -0.39 is 0 Å². The molecule has 0 spiro atoms. The van der Waals surface area contributed by atoms with Gasteiger partial charge in [-0.25, -0.2) is 0 Å². The number of para-hydroxylation sites is 1. The highest BCUT2D eigenvalue weighted by molar-refractivity contribution is 5.82. The van der Waals surface area contributed by atoms with Gasteiger partial charge in [-0.2, -0.15) is 0 Å². The lowest BCUT2D eigenvalue weighted by Gasteiger charge is -2.11. The Balaban J connectivity index is 1.96. The maximum Gasteiger partial charge on any atom is 0.134 e. The van der Waals surface area contributed by atoms with Gasteiger partial charge in [-0.1, -0.05) is 30.3 Å². The van der Waals surface area contributed by atoms with Gasteiger partial charge in [0, 0.05) is 10.9 Å². The predicted octanol–water partition coefficient (Wildman–Crippen LogP) is 4.19. The Kier molecular flexibility index (Phi) is 3.67. The maximum absolute atomic E-state index is 6.37. The fourth-order valence-corrected chi connectivity index (χ4v) is 2.58. The van der Waals surface area contributed by atoms with Crippen molar-refractivity contribution in [3.8, 4) is 5.75 Å². The molecule has 0 aliphatic rings. The van der Waals surface area contributed by atoms with E-state index in [0.29, 0.717) is 6.61 Å². The first-order valence-electron chi connectivity index (χ1n) is 7.17. The minimum absolute atomic E-state index is 0.270. The Morgan fingerprint density at radius 3 is 2.48 bits per heavy atom. The monoisotopic (exact) mass is 281 g/mol.